The summed E-state index contributed by atoms with van der Waals surface area (Å²) in [4.78, 5) is 16.1. The highest BCUT2D eigenvalue weighted by molar-refractivity contribution is 6.20. The Morgan fingerprint density at radius 2 is 2.24 bits per heavy atom. The van der Waals surface area contributed by atoms with E-state index in [4.69, 9.17) is 21.1 Å². The Balaban J connectivity index is 2.40. The molecule has 1 aromatic carbocycles. The highest BCUT2D eigenvalue weighted by Crippen LogP contribution is 2.30. The topological polar surface area (TPSA) is 53.4 Å². The second kappa shape index (κ2) is 6.80. The SMILES string of the molecule is CCOC(=O)CCn1c(C(C)Cl)nc2c(OC)cccc21. The number of benzene rings is 1. The number of ether oxygens (including phenoxy) is 2. The third-order valence-electron chi connectivity index (χ3n) is 3.19. The van der Waals surface area contributed by atoms with Crippen molar-refractivity contribution in [2.24, 2.45) is 0 Å². The van der Waals surface area contributed by atoms with Crippen molar-refractivity contribution in [3.05, 3.63) is 24.0 Å². The molecule has 6 heteroatoms. The number of nitrogens with zero attached hydrogens (tertiary/aromatic N) is 2. The molecule has 0 saturated heterocycles. The summed E-state index contributed by atoms with van der Waals surface area (Å²) in [5.74, 6) is 1.19. The monoisotopic (exact) mass is 310 g/mol. The van der Waals surface area contributed by atoms with Gasteiger partial charge in [0.1, 0.15) is 17.1 Å². The number of hydrogen-bond acceptors (Lipinski definition) is 4. The predicted octanol–water partition coefficient (Wildman–Crippen LogP) is 3.30. The minimum Gasteiger partial charge on any atom is -0.494 e. The number of carbonyl (C=O) groups is 1. The quantitative estimate of drug-likeness (QED) is 0.607. The molecule has 0 aliphatic rings. The van der Waals surface area contributed by atoms with E-state index in [1.54, 1.807) is 14.0 Å². The maximum Gasteiger partial charge on any atom is 0.307 e. The smallest absolute Gasteiger partial charge is 0.307 e. The van der Waals surface area contributed by atoms with Crippen molar-refractivity contribution in [1.82, 2.24) is 9.55 Å². The van der Waals surface area contributed by atoms with Gasteiger partial charge < -0.3 is 14.0 Å². The van der Waals surface area contributed by atoms with Crippen LogP contribution in [0.2, 0.25) is 0 Å². The van der Waals surface area contributed by atoms with Crippen LogP contribution in [-0.2, 0) is 16.1 Å². The number of rotatable bonds is 6. The zero-order valence-electron chi connectivity index (χ0n) is 12.4. The molecule has 1 unspecified atom stereocenters. The van der Waals surface area contributed by atoms with Gasteiger partial charge >= 0.3 is 5.97 Å². The number of esters is 1. The molecule has 0 fully saturated rings. The molecule has 0 aliphatic heterocycles. The Morgan fingerprint density at radius 1 is 1.48 bits per heavy atom. The van der Waals surface area contributed by atoms with E-state index in [0.717, 1.165) is 16.9 Å². The zero-order chi connectivity index (χ0) is 15.4. The average molecular weight is 311 g/mol. The molecule has 0 bridgehead atoms. The number of halogens is 1. The lowest BCUT2D eigenvalue weighted by Crippen LogP contribution is -2.11. The summed E-state index contributed by atoms with van der Waals surface area (Å²) in [6.07, 6.45) is 0.285. The van der Waals surface area contributed by atoms with Crippen molar-refractivity contribution in [3.63, 3.8) is 0 Å². The molecular weight excluding hydrogens is 292 g/mol. The van der Waals surface area contributed by atoms with Crippen molar-refractivity contribution in [1.29, 1.82) is 0 Å². The van der Waals surface area contributed by atoms with Gasteiger partial charge in [-0.05, 0) is 26.0 Å². The molecule has 21 heavy (non-hydrogen) atoms. The summed E-state index contributed by atoms with van der Waals surface area (Å²) in [6.45, 7) is 4.52. The van der Waals surface area contributed by atoms with E-state index in [2.05, 4.69) is 4.98 Å². The first-order chi connectivity index (χ1) is 10.1. The molecule has 1 heterocycles. The van der Waals surface area contributed by atoms with E-state index in [9.17, 15) is 4.79 Å². The lowest BCUT2D eigenvalue weighted by atomic mass is 10.3. The van der Waals surface area contributed by atoms with Gasteiger partial charge in [-0.15, -0.1) is 11.6 Å². The van der Waals surface area contributed by atoms with Gasteiger partial charge in [0.15, 0.2) is 0 Å². The number of aromatic nitrogens is 2. The van der Waals surface area contributed by atoms with E-state index in [0.29, 0.717) is 18.9 Å². The number of imidazole rings is 1. The number of fused-ring (bicyclic) bond motifs is 1. The van der Waals surface area contributed by atoms with Crippen LogP contribution in [0.25, 0.3) is 11.0 Å². The molecule has 114 valence electrons. The van der Waals surface area contributed by atoms with E-state index in [1.807, 2.05) is 29.7 Å². The molecule has 1 atom stereocenters. The third kappa shape index (κ3) is 3.29. The fourth-order valence-corrected chi connectivity index (χ4v) is 2.45. The van der Waals surface area contributed by atoms with Gasteiger partial charge in [0.05, 0.1) is 31.0 Å². The van der Waals surface area contributed by atoms with Gasteiger partial charge in [0, 0.05) is 6.54 Å². The summed E-state index contributed by atoms with van der Waals surface area (Å²) in [6, 6.07) is 5.69. The first-order valence-electron chi connectivity index (χ1n) is 6.91. The van der Waals surface area contributed by atoms with Gasteiger partial charge in [-0.25, -0.2) is 4.98 Å². The molecule has 5 nitrogen and oxygen atoms in total. The number of aryl methyl sites for hydroxylation is 1. The number of hydrogen-bond donors (Lipinski definition) is 0. The van der Waals surface area contributed by atoms with Gasteiger partial charge in [0.25, 0.3) is 0 Å². The summed E-state index contributed by atoms with van der Waals surface area (Å²) in [5.41, 5.74) is 1.66. The Kier molecular flexibility index (Phi) is 5.07. The lowest BCUT2D eigenvalue weighted by molar-refractivity contribution is -0.143. The maximum absolute atomic E-state index is 11.6. The highest BCUT2D eigenvalue weighted by Gasteiger charge is 2.18. The molecule has 1 aromatic heterocycles. The van der Waals surface area contributed by atoms with Crippen LogP contribution in [0.4, 0.5) is 0 Å². The molecule has 0 spiro atoms. The van der Waals surface area contributed by atoms with Gasteiger partial charge in [-0.3, -0.25) is 4.79 Å². The van der Waals surface area contributed by atoms with Crippen LogP contribution in [0.1, 0.15) is 31.5 Å². The Labute approximate surface area is 128 Å². The van der Waals surface area contributed by atoms with Crippen molar-refractivity contribution >= 4 is 28.6 Å². The standard InChI is InChI=1S/C15H19ClN2O3/c1-4-21-13(19)8-9-18-11-6-5-7-12(20-3)14(11)17-15(18)10(2)16/h5-7,10H,4,8-9H2,1-3H3. The number of alkyl halides is 1. The molecule has 2 aromatic rings. The van der Waals surface area contributed by atoms with Crippen molar-refractivity contribution < 1.29 is 14.3 Å². The largest absolute Gasteiger partial charge is 0.494 e. The van der Waals surface area contributed by atoms with Gasteiger partial charge in [-0.2, -0.15) is 0 Å². The lowest BCUT2D eigenvalue weighted by Gasteiger charge is -2.10. The minimum atomic E-state index is -0.260. The third-order valence-corrected chi connectivity index (χ3v) is 3.39. The van der Waals surface area contributed by atoms with Crippen LogP contribution in [-0.4, -0.2) is 29.2 Å². The molecular formula is C15H19ClN2O3. The minimum absolute atomic E-state index is 0.226. The Bertz CT molecular complexity index is 637. The molecule has 0 N–H and O–H groups in total. The fraction of sp³-hybridized carbons (Fsp3) is 0.467. The summed E-state index contributed by atoms with van der Waals surface area (Å²) >= 11 is 6.21. The molecule has 0 aliphatic carbocycles. The molecule has 0 saturated carbocycles. The van der Waals surface area contributed by atoms with Crippen LogP contribution in [0, 0.1) is 0 Å². The molecule has 2 rings (SSSR count). The summed E-state index contributed by atoms with van der Waals surface area (Å²) in [5, 5.41) is -0.260. The van der Waals surface area contributed by atoms with Crippen molar-refractivity contribution in [2.45, 2.75) is 32.2 Å². The maximum atomic E-state index is 11.6. The predicted molar refractivity (Wildman–Crippen MR) is 81.8 cm³/mol. The van der Waals surface area contributed by atoms with Crippen LogP contribution < -0.4 is 4.74 Å². The van der Waals surface area contributed by atoms with Gasteiger partial charge in [0.2, 0.25) is 0 Å². The first kappa shape index (κ1) is 15.6. The average Bonchev–Trinajstić information content (AvgIpc) is 2.84. The first-order valence-corrected chi connectivity index (χ1v) is 7.35. The number of para-hydroxylation sites is 1. The normalized spacial score (nSPS) is 12.4. The number of carbonyl (C=O) groups excluding carboxylic acids is 1. The van der Waals surface area contributed by atoms with E-state index < -0.39 is 0 Å². The van der Waals surface area contributed by atoms with E-state index >= 15 is 0 Å². The molecule has 0 amide bonds. The van der Waals surface area contributed by atoms with Crippen molar-refractivity contribution in [3.8, 4) is 5.75 Å². The Morgan fingerprint density at radius 3 is 2.86 bits per heavy atom. The van der Waals surface area contributed by atoms with Crippen LogP contribution in [0.5, 0.6) is 5.75 Å². The fourth-order valence-electron chi connectivity index (χ4n) is 2.28. The van der Waals surface area contributed by atoms with E-state index in [1.165, 1.54) is 0 Å². The summed E-state index contributed by atoms with van der Waals surface area (Å²) in [7, 11) is 1.61. The Hall–Kier alpha value is -1.75. The van der Waals surface area contributed by atoms with Crippen molar-refractivity contribution in [2.75, 3.05) is 13.7 Å². The second-order valence-corrected chi connectivity index (χ2v) is 5.28. The van der Waals surface area contributed by atoms with Gasteiger partial charge in [-0.1, -0.05) is 6.07 Å². The van der Waals surface area contributed by atoms with Crippen LogP contribution in [0.3, 0.4) is 0 Å². The van der Waals surface area contributed by atoms with Crippen LogP contribution in [0.15, 0.2) is 18.2 Å². The van der Waals surface area contributed by atoms with E-state index in [-0.39, 0.29) is 17.8 Å². The highest BCUT2D eigenvalue weighted by atomic mass is 35.5. The zero-order valence-corrected chi connectivity index (χ0v) is 13.2. The second-order valence-electron chi connectivity index (χ2n) is 4.62. The van der Waals surface area contributed by atoms with Crippen LogP contribution >= 0.6 is 11.6 Å². The molecule has 0 radical (unpaired) electrons. The number of methoxy groups -OCH3 is 1. The summed E-state index contributed by atoms with van der Waals surface area (Å²) < 4.78 is 12.2.